The number of amides is 2. The molecule has 1 unspecified atom stereocenters. The average Bonchev–Trinajstić information content (AvgIpc) is 2.91. The summed E-state index contributed by atoms with van der Waals surface area (Å²) in [6.45, 7) is 0. The van der Waals surface area contributed by atoms with Crippen LogP contribution >= 0.6 is 0 Å². The van der Waals surface area contributed by atoms with Crippen LogP contribution in [0.4, 0.5) is 0 Å². The third-order valence-electron chi connectivity index (χ3n) is 5.03. The van der Waals surface area contributed by atoms with E-state index in [0.717, 1.165) is 16.9 Å². The SMILES string of the molecule is COc1ccc(/C=C/CCC2(c3ccccc3)CC(=O)N(C)C2=O)cc1. The summed E-state index contributed by atoms with van der Waals surface area (Å²) in [4.78, 5) is 26.3. The second kappa shape index (κ2) is 7.56. The van der Waals surface area contributed by atoms with Crippen molar-refractivity contribution in [2.24, 2.45) is 0 Å². The van der Waals surface area contributed by atoms with E-state index in [2.05, 4.69) is 6.08 Å². The normalized spacial score (nSPS) is 20.2. The van der Waals surface area contributed by atoms with Crippen molar-refractivity contribution in [3.8, 4) is 5.75 Å². The fourth-order valence-electron chi connectivity index (χ4n) is 3.47. The van der Waals surface area contributed by atoms with Crippen LogP contribution < -0.4 is 4.74 Å². The molecule has 0 bridgehead atoms. The first kappa shape index (κ1) is 17.9. The predicted octanol–water partition coefficient (Wildman–Crippen LogP) is 3.82. The molecule has 0 aromatic heterocycles. The van der Waals surface area contributed by atoms with E-state index < -0.39 is 5.41 Å². The molecule has 1 fully saturated rings. The van der Waals surface area contributed by atoms with E-state index in [-0.39, 0.29) is 18.2 Å². The van der Waals surface area contributed by atoms with Crippen LogP contribution in [0, 0.1) is 0 Å². The van der Waals surface area contributed by atoms with Crippen molar-refractivity contribution in [2.75, 3.05) is 14.2 Å². The summed E-state index contributed by atoms with van der Waals surface area (Å²) in [6, 6.07) is 17.4. The number of methoxy groups -OCH3 is 1. The van der Waals surface area contributed by atoms with Gasteiger partial charge in [-0.3, -0.25) is 14.5 Å². The van der Waals surface area contributed by atoms with E-state index in [9.17, 15) is 9.59 Å². The molecule has 0 aliphatic carbocycles. The summed E-state index contributed by atoms with van der Waals surface area (Å²) in [5, 5.41) is 0. The van der Waals surface area contributed by atoms with Gasteiger partial charge in [0, 0.05) is 13.5 Å². The van der Waals surface area contributed by atoms with Gasteiger partial charge in [0.05, 0.1) is 12.5 Å². The van der Waals surface area contributed by atoms with E-state index >= 15 is 0 Å². The van der Waals surface area contributed by atoms with E-state index in [1.54, 1.807) is 14.2 Å². The molecule has 1 heterocycles. The summed E-state index contributed by atoms with van der Waals surface area (Å²) in [6.07, 6.45) is 5.65. The molecule has 134 valence electrons. The van der Waals surface area contributed by atoms with Gasteiger partial charge in [-0.2, -0.15) is 0 Å². The first-order valence-electron chi connectivity index (χ1n) is 8.74. The minimum Gasteiger partial charge on any atom is -0.497 e. The fourth-order valence-corrected chi connectivity index (χ4v) is 3.47. The summed E-state index contributed by atoms with van der Waals surface area (Å²) in [5.41, 5.74) is 1.24. The summed E-state index contributed by atoms with van der Waals surface area (Å²) in [5.74, 6) is 0.604. The van der Waals surface area contributed by atoms with Crippen molar-refractivity contribution in [1.29, 1.82) is 0 Å². The van der Waals surface area contributed by atoms with Gasteiger partial charge < -0.3 is 4.74 Å². The summed E-state index contributed by atoms with van der Waals surface area (Å²) >= 11 is 0. The molecule has 0 saturated carbocycles. The standard InChI is InChI=1S/C22H23NO3/c1-23-20(24)16-22(21(23)25,18-9-4-3-5-10-18)15-7-6-8-17-11-13-19(26-2)14-12-17/h3-6,8-14H,7,15-16H2,1-2H3/b8-6+. The zero-order valence-electron chi connectivity index (χ0n) is 15.1. The number of likely N-dealkylation sites (tertiary alicyclic amines) is 1. The molecular formula is C22H23NO3. The highest BCUT2D eigenvalue weighted by atomic mass is 16.5. The molecule has 3 rings (SSSR count). The van der Waals surface area contributed by atoms with Gasteiger partial charge in [-0.1, -0.05) is 54.6 Å². The Hall–Kier alpha value is -2.88. The molecule has 2 aromatic carbocycles. The number of hydrogen-bond donors (Lipinski definition) is 0. The Morgan fingerprint density at radius 1 is 1.08 bits per heavy atom. The number of allylic oxidation sites excluding steroid dienone is 1. The van der Waals surface area contributed by atoms with Gasteiger partial charge >= 0.3 is 0 Å². The Labute approximate surface area is 154 Å². The zero-order valence-corrected chi connectivity index (χ0v) is 15.1. The van der Waals surface area contributed by atoms with Gasteiger partial charge in [-0.25, -0.2) is 0 Å². The quantitative estimate of drug-likeness (QED) is 0.745. The van der Waals surface area contributed by atoms with Crippen molar-refractivity contribution >= 4 is 17.9 Å². The van der Waals surface area contributed by atoms with Crippen LogP contribution in [-0.2, 0) is 15.0 Å². The number of carbonyl (C=O) groups excluding carboxylic acids is 2. The van der Waals surface area contributed by atoms with E-state index in [4.69, 9.17) is 4.74 Å². The van der Waals surface area contributed by atoms with Gasteiger partial charge in [-0.15, -0.1) is 0 Å². The molecule has 1 aliphatic rings. The van der Waals surface area contributed by atoms with Crippen LogP contribution in [0.1, 0.15) is 30.4 Å². The second-order valence-electron chi connectivity index (χ2n) is 6.60. The topological polar surface area (TPSA) is 46.6 Å². The van der Waals surface area contributed by atoms with Crippen LogP contribution in [0.15, 0.2) is 60.7 Å². The average molecular weight is 349 g/mol. The van der Waals surface area contributed by atoms with Gasteiger partial charge in [0.2, 0.25) is 11.8 Å². The molecule has 0 N–H and O–H groups in total. The Kier molecular flexibility index (Phi) is 5.21. The van der Waals surface area contributed by atoms with E-state index in [0.29, 0.717) is 12.8 Å². The lowest BCUT2D eigenvalue weighted by atomic mass is 9.75. The number of rotatable bonds is 6. The molecule has 0 radical (unpaired) electrons. The van der Waals surface area contributed by atoms with Crippen molar-refractivity contribution in [3.63, 3.8) is 0 Å². The van der Waals surface area contributed by atoms with Crippen LogP contribution in [0.25, 0.3) is 6.08 Å². The number of benzene rings is 2. The van der Waals surface area contributed by atoms with Gasteiger partial charge in [-0.05, 0) is 36.1 Å². The number of imide groups is 1. The second-order valence-corrected chi connectivity index (χ2v) is 6.60. The Bertz CT molecular complexity index is 811. The highest BCUT2D eigenvalue weighted by Crippen LogP contribution is 2.40. The molecule has 0 spiro atoms. The first-order chi connectivity index (χ1) is 12.6. The maximum Gasteiger partial charge on any atom is 0.240 e. The molecule has 4 nitrogen and oxygen atoms in total. The Morgan fingerprint density at radius 2 is 1.77 bits per heavy atom. The van der Waals surface area contributed by atoms with Crippen LogP contribution in [0.3, 0.4) is 0 Å². The van der Waals surface area contributed by atoms with Crippen LogP contribution in [0.5, 0.6) is 5.75 Å². The fraction of sp³-hybridized carbons (Fsp3) is 0.273. The molecule has 4 heteroatoms. The maximum absolute atomic E-state index is 12.8. The Morgan fingerprint density at radius 3 is 2.35 bits per heavy atom. The number of nitrogens with zero attached hydrogens (tertiary/aromatic N) is 1. The molecular weight excluding hydrogens is 326 g/mol. The first-order valence-corrected chi connectivity index (χ1v) is 8.74. The smallest absolute Gasteiger partial charge is 0.240 e. The summed E-state index contributed by atoms with van der Waals surface area (Å²) in [7, 11) is 3.22. The minimum atomic E-state index is -0.753. The zero-order chi connectivity index (χ0) is 18.6. The minimum absolute atomic E-state index is 0.105. The van der Waals surface area contributed by atoms with Crippen molar-refractivity contribution in [2.45, 2.75) is 24.7 Å². The molecule has 26 heavy (non-hydrogen) atoms. The maximum atomic E-state index is 12.8. The molecule has 2 aromatic rings. The summed E-state index contributed by atoms with van der Waals surface area (Å²) < 4.78 is 5.16. The molecule has 1 atom stereocenters. The highest BCUT2D eigenvalue weighted by molar-refractivity contribution is 6.08. The monoisotopic (exact) mass is 349 g/mol. The van der Waals surface area contributed by atoms with Crippen molar-refractivity contribution in [3.05, 3.63) is 71.8 Å². The molecule has 1 saturated heterocycles. The molecule has 1 aliphatic heterocycles. The Balaban J connectivity index is 1.76. The van der Waals surface area contributed by atoms with E-state index in [1.807, 2.05) is 60.7 Å². The number of likely N-dealkylation sites (N-methyl/N-ethyl adjacent to an activating group) is 1. The van der Waals surface area contributed by atoms with Crippen molar-refractivity contribution in [1.82, 2.24) is 4.90 Å². The lowest BCUT2D eigenvalue weighted by Gasteiger charge is -2.26. The highest BCUT2D eigenvalue weighted by Gasteiger charge is 2.50. The lowest BCUT2D eigenvalue weighted by Crippen LogP contribution is -2.36. The number of carbonyl (C=O) groups is 2. The van der Waals surface area contributed by atoms with Gasteiger partial charge in [0.15, 0.2) is 0 Å². The number of ether oxygens (including phenoxy) is 1. The number of hydrogen-bond acceptors (Lipinski definition) is 3. The third kappa shape index (κ3) is 3.40. The third-order valence-corrected chi connectivity index (χ3v) is 5.03. The van der Waals surface area contributed by atoms with Crippen LogP contribution in [0.2, 0.25) is 0 Å². The van der Waals surface area contributed by atoms with Gasteiger partial charge in [0.1, 0.15) is 5.75 Å². The lowest BCUT2D eigenvalue weighted by molar-refractivity contribution is -0.138. The van der Waals surface area contributed by atoms with Crippen LogP contribution in [-0.4, -0.2) is 30.9 Å². The molecule has 2 amide bonds. The largest absolute Gasteiger partial charge is 0.497 e. The van der Waals surface area contributed by atoms with Gasteiger partial charge in [0.25, 0.3) is 0 Å². The van der Waals surface area contributed by atoms with E-state index in [1.165, 1.54) is 4.90 Å². The predicted molar refractivity (Wildman–Crippen MR) is 102 cm³/mol. The van der Waals surface area contributed by atoms with Crippen molar-refractivity contribution < 1.29 is 14.3 Å².